The fourth-order valence-electron chi connectivity index (χ4n) is 2.20. The number of carbonyl (C=O) groups excluding carboxylic acids is 1. The maximum Gasteiger partial charge on any atom is 0.322 e. The Labute approximate surface area is 135 Å². The molecule has 2 rings (SSSR count). The van der Waals surface area contributed by atoms with Crippen molar-refractivity contribution in [2.75, 3.05) is 5.32 Å². The third-order valence-corrected chi connectivity index (χ3v) is 3.26. The van der Waals surface area contributed by atoms with Crippen molar-refractivity contribution in [3.05, 3.63) is 59.9 Å². The first-order chi connectivity index (χ1) is 11.0. The van der Waals surface area contributed by atoms with Crippen LogP contribution in [0.4, 0.5) is 14.9 Å². The molecule has 4 nitrogen and oxygen atoms in total. The van der Waals surface area contributed by atoms with Crippen LogP contribution >= 0.6 is 0 Å². The van der Waals surface area contributed by atoms with E-state index in [1.54, 1.807) is 13.0 Å². The normalized spacial score (nSPS) is 11.9. The summed E-state index contributed by atoms with van der Waals surface area (Å²) in [5, 5.41) is 5.23. The highest BCUT2D eigenvalue weighted by Gasteiger charge is 2.12. The van der Waals surface area contributed by atoms with Gasteiger partial charge >= 0.3 is 6.03 Å². The summed E-state index contributed by atoms with van der Waals surface area (Å²) >= 11 is 0. The molecule has 0 spiro atoms. The molecular formula is C18H21FN2O2. The highest BCUT2D eigenvalue weighted by Crippen LogP contribution is 2.26. The van der Waals surface area contributed by atoms with E-state index in [0.29, 0.717) is 11.6 Å². The van der Waals surface area contributed by atoms with E-state index in [0.717, 1.165) is 11.3 Å². The molecule has 0 bridgehead atoms. The van der Waals surface area contributed by atoms with Gasteiger partial charge in [0.05, 0.1) is 0 Å². The summed E-state index contributed by atoms with van der Waals surface area (Å²) in [5.41, 5.74) is 1.46. The molecule has 1 unspecified atom stereocenters. The molecule has 5 heteroatoms. The number of urea groups is 1. The number of ether oxygens (including phenoxy) is 1. The molecule has 0 saturated carbocycles. The van der Waals surface area contributed by atoms with Crippen molar-refractivity contribution >= 4 is 11.7 Å². The van der Waals surface area contributed by atoms with Gasteiger partial charge < -0.3 is 15.4 Å². The lowest BCUT2D eigenvalue weighted by Gasteiger charge is -2.20. The van der Waals surface area contributed by atoms with Crippen LogP contribution in [0.5, 0.6) is 5.75 Å². The topological polar surface area (TPSA) is 50.4 Å². The monoisotopic (exact) mass is 316 g/mol. The minimum Gasteiger partial charge on any atom is -0.471 e. The summed E-state index contributed by atoms with van der Waals surface area (Å²) in [6, 6.07) is 13.0. The summed E-state index contributed by atoms with van der Waals surface area (Å²) in [6.07, 6.45) is -0.525. The van der Waals surface area contributed by atoms with Gasteiger partial charge in [-0.15, -0.1) is 0 Å². The predicted molar refractivity (Wildman–Crippen MR) is 89.2 cm³/mol. The molecule has 0 aliphatic heterocycles. The summed E-state index contributed by atoms with van der Waals surface area (Å²) in [5.74, 6) is 0.651. The largest absolute Gasteiger partial charge is 0.471 e. The molecule has 0 heterocycles. The van der Waals surface area contributed by atoms with E-state index in [1.807, 2.05) is 24.3 Å². The molecule has 2 N–H and O–H groups in total. The number of para-hydroxylation sites is 1. The van der Waals surface area contributed by atoms with E-state index < -0.39 is 18.1 Å². The lowest BCUT2D eigenvalue weighted by molar-refractivity contribution is 0.181. The Morgan fingerprint density at radius 1 is 1.09 bits per heavy atom. The van der Waals surface area contributed by atoms with Crippen LogP contribution in [0.3, 0.4) is 0 Å². The summed E-state index contributed by atoms with van der Waals surface area (Å²) in [6.45, 7) is 5.90. The van der Waals surface area contributed by atoms with E-state index in [1.165, 1.54) is 18.2 Å². The number of rotatable bonds is 5. The Morgan fingerprint density at radius 2 is 1.83 bits per heavy atom. The Morgan fingerprint density at radius 3 is 2.52 bits per heavy atom. The number of benzene rings is 2. The van der Waals surface area contributed by atoms with Crippen LogP contribution in [-0.4, -0.2) is 12.3 Å². The summed E-state index contributed by atoms with van der Waals surface area (Å²) < 4.78 is 18.9. The van der Waals surface area contributed by atoms with Gasteiger partial charge in [0.25, 0.3) is 0 Å². The number of amides is 2. The van der Waals surface area contributed by atoms with Gasteiger partial charge in [-0.3, -0.25) is 0 Å². The Hall–Kier alpha value is -2.56. The number of halogens is 1. The molecule has 1 atom stereocenters. The van der Waals surface area contributed by atoms with Gasteiger partial charge in [-0.2, -0.15) is 0 Å². The second-order valence-electron chi connectivity index (χ2n) is 5.56. The maximum absolute atomic E-state index is 13.1. The molecule has 23 heavy (non-hydrogen) atoms. The van der Waals surface area contributed by atoms with Crippen LogP contribution in [0.15, 0.2) is 48.5 Å². The lowest BCUT2D eigenvalue weighted by atomic mass is 10.0. The van der Waals surface area contributed by atoms with Crippen LogP contribution in [0.2, 0.25) is 0 Å². The van der Waals surface area contributed by atoms with Crippen molar-refractivity contribution in [3.63, 3.8) is 0 Å². The smallest absolute Gasteiger partial charge is 0.322 e. The maximum atomic E-state index is 13.1. The third kappa shape index (κ3) is 4.98. The van der Waals surface area contributed by atoms with Crippen molar-refractivity contribution in [1.82, 2.24) is 5.32 Å². The minimum absolute atomic E-state index is 0.319. The number of hydrogen-bond donors (Lipinski definition) is 2. The number of carbonyl (C=O) groups is 1. The van der Waals surface area contributed by atoms with Crippen molar-refractivity contribution < 1.29 is 13.9 Å². The second kappa shape index (κ2) is 7.63. The molecule has 0 saturated heterocycles. The molecule has 2 amide bonds. The van der Waals surface area contributed by atoms with Crippen LogP contribution in [0, 0.1) is 5.82 Å². The molecule has 0 aliphatic carbocycles. The van der Waals surface area contributed by atoms with E-state index in [2.05, 4.69) is 24.5 Å². The van der Waals surface area contributed by atoms with Crippen molar-refractivity contribution in [2.45, 2.75) is 32.9 Å². The second-order valence-corrected chi connectivity index (χ2v) is 5.56. The zero-order valence-corrected chi connectivity index (χ0v) is 13.5. The minimum atomic E-state index is -0.525. The van der Waals surface area contributed by atoms with Crippen LogP contribution in [0.25, 0.3) is 0 Å². The molecule has 122 valence electrons. The van der Waals surface area contributed by atoms with Gasteiger partial charge in [0.2, 0.25) is 0 Å². The molecule has 0 fully saturated rings. The zero-order chi connectivity index (χ0) is 16.8. The molecular weight excluding hydrogens is 295 g/mol. The van der Waals surface area contributed by atoms with Gasteiger partial charge in [0.15, 0.2) is 6.23 Å². The summed E-state index contributed by atoms with van der Waals surface area (Å²) in [7, 11) is 0. The van der Waals surface area contributed by atoms with Gasteiger partial charge in [0, 0.05) is 5.69 Å². The van der Waals surface area contributed by atoms with Crippen molar-refractivity contribution in [1.29, 1.82) is 0 Å². The Kier molecular flexibility index (Phi) is 5.57. The summed E-state index contributed by atoms with van der Waals surface area (Å²) in [4.78, 5) is 11.9. The standard InChI is InChI=1S/C18H21FN2O2/c1-12(2)16-9-4-5-10-17(16)23-13(3)20-18(22)21-15-8-6-7-14(19)11-15/h4-13H,1-3H3,(H2,20,21,22). The number of nitrogens with one attached hydrogen (secondary N) is 2. The first-order valence-corrected chi connectivity index (χ1v) is 7.54. The Bertz CT molecular complexity index is 674. The van der Waals surface area contributed by atoms with Crippen LogP contribution in [-0.2, 0) is 0 Å². The van der Waals surface area contributed by atoms with Crippen molar-refractivity contribution in [3.8, 4) is 5.75 Å². The van der Waals surface area contributed by atoms with E-state index in [-0.39, 0.29) is 0 Å². The first kappa shape index (κ1) is 16.8. The van der Waals surface area contributed by atoms with Crippen LogP contribution in [0.1, 0.15) is 32.3 Å². The average Bonchev–Trinajstić information content (AvgIpc) is 2.47. The molecule has 0 radical (unpaired) electrons. The predicted octanol–water partition coefficient (Wildman–Crippen LogP) is 4.50. The molecule has 2 aromatic carbocycles. The zero-order valence-electron chi connectivity index (χ0n) is 13.5. The van der Waals surface area contributed by atoms with Gasteiger partial charge in [-0.05, 0) is 42.7 Å². The lowest BCUT2D eigenvalue weighted by Crippen LogP contribution is -2.39. The van der Waals surface area contributed by atoms with Gasteiger partial charge in [-0.25, -0.2) is 9.18 Å². The first-order valence-electron chi connectivity index (χ1n) is 7.54. The quantitative estimate of drug-likeness (QED) is 0.798. The van der Waals surface area contributed by atoms with E-state index in [9.17, 15) is 9.18 Å². The average molecular weight is 316 g/mol. The van der Waals surface area contributed by atoms with Crippen LogP contribution < -0.4 is 15.4 Å². The highest BCUT2D eigenvalue weighted by atomic mass is 19.1. The molecule has 2 aromatic rings. The van der Waals surface area contributed by atoms with Gasteiger partial charge in [0.1, 0.15) is 11.6 Å². The van der Waals surface area contributed by atoms with E-state index in [4.69, 9.17) is 4.74 Å². The van der Waals surface area contributed by atoms with E-state index >= 15 is 0 Å². The molecule has 0 aromatic heterocycles. The SMILES string of the molecule is CC(NC(=O)Nc1cccc(F)c1)Oc1ccccc1C(C)C. The molecule has 0 aliphatic rings. The van der Waals surface area contributed by atoms with Crippen molar-refractivity contribution in [2.24, 2.45) is 0 Å². The van der Waals surface area contributed by atoms with Gasteiger partial charge in [-0.1, -0.05) is 38.1 Å². The third-order valence-electron chi connectivity index (χ3n) is 3.26. The highest BCUT2D eigenvalue weighted by molar-refractivity contribution is 5.89. The fourth-order valence-corrected chi connectivity index (χ4v) is 2.20. The fraction of sp³-hybridized carbons (Fsp3) is 0.278. The number of hydrogen-bond acceptors (Lipinski definition) is 2. The number of anilines is 1. The Balaban J connectivity index is 1.94.